The first-order valence-electron chi connectivity index (χ1n) is 11.6. The van der Waals surface area contributed by atoms with Gasteiger partial charge >= 0.3 is 0 Å². The van der Waals surface area contributed by atoms with Crippen LogP contribution in [-0.2, 0) is 16.6 Å². The van der Waals surface area contributed by atoms with Crippen LogP contribution in [0, 0.1) is 0 Å². The Morgan fingerprint density at radius 2 is 1.82 bits per heavy atom. The number of carbonyl (C=O) groups excluding carboxylic acids is 1. The van der Waals surface area contributed by atoms with Crippen LogP contribution in [0.25, 0.3) is 0 Å². The van der Waals surface area contributed by atoms with E-state index in [0.717, 1.165) is 69.8 Å². The minimum Gasteiger partial charge on any atom is -0.371 e. The van der Waals surface area contributed by atoms with Crippen molar-refractivity contribution in [3.05, 3.63) is 53.9 Å². The zero-order valence-electron chi connectivity index (χ0n) is 19.4. The topological polar surface area (TPSA) is 85.8 Å². The Hall–Kier alpha value is -2.49. The Morgan fingerprint density at radius 1 is 1.09 bits per heavy atom. The second-order valence-corrected chi connectivity index (χ2v) is 11.2. The van der Waals surface area contributed by atoms with Crippen LogP contribution in [0.4, 0.5) is 5.69 Å². The van der Waals surface area contributed by atoms with Gasteiger partial charge in [-0.25, -0.2) is 12.7 Å². The van der Waals surface area contributed by atoms with Gasteiger partial charge in [-0.2, -0.15) is 0 Å². The molecule has 2 aromatic rings. The van der Waals surface area contributed by atoms with Crippen molar-refractivity contribution in [2.75, 3.05) is 45.2 Å². The number of nitrogens with one attached hydrogen (secondary N) is 1. The number of hydrogen-bond donors (Lipinski definition) is 1. The van der Waals surface area contributed by atoms with Crippen molar-refractivity contribution in [2.24, 2.45) is 0 Å². The Labute approximate surface area is 196 Å². The zero-order valence-corrected chi connectivity index (χ0v) is 20.2. The average Bonchev–Trinajstić information content (AvgIpc) is 3.35. The second kappa shape index (κ2) is 10.2. The van der Waals surface area contributed by atoms with Gasteiger partial charge in [0.2, 0.25) is 10.0 Å². The van der Waals surface area contributed by atoms with Crippen LogP contribution >= 0.6 is 0 Å². The van der Waals surface area contributed by atoms with E-state index in [1.807, 2.05) is 24.4 Å². The molecule has 33 heavy (non-hydrogen) atoms. The van der Waals surface area contributed by atoms with Gasteiger partial charge in [0.25, 0.3) is 5.91 Å². The molecule has 9 heteroatoms. The van der Waals surface area contributed by atoms with Gasteiger partial charge in [0.05, 0.1) is 16.2 Å². The summed E-state index contributed by atoms with van der Waals surface area (Å²) in [6, 6.07) is 10.9. The Kier molecular flexibility index (Phi) is 7.31. The predicted octanol–water partition coefficient (Wildman–Crippen LogP) is 2.33. The molecule has 2 aliphatic rings. The lowest BCUT2D eigenvalue weighted by Crippen LogP contribution is -2.44. The maximum atomic E-state index is 13.3. The first-order valence-corrected chi connectivity index (χ1v) is 13.0. The van der Waals surface area contributed by atoms with Gasteiger partial charge in [-0.15, -0.1) is 0 Å². The average molecular weight is 472 g/mol. The number of hydrogen-bond acceptors (Lipinski definition) is 6. The molecule has 8 nitrogen and oxygen atoms in total. The van der Waals surface area contributed by atoms with E-state index in [9.17, 15) is 13.2 Å². The summed E-state index contributed by atoms with van der Waals surface area (Å²) in [7, 11) is -0.617. The highest BCUT2D eigenvalue weighted by atomic mass is 32.2. The summed E-state index contributed by atoms with van der Waals surface area (Å²) >= 11 is 0. The minimum atomic E-state index is -3.62. The molecule has 1 N–H and O–H groups in total. The highest BCUT2D eigenvalue weighted by Gasteiger charge is 2.27. The number of carbonyl (C=O) groups is 1. The Morgan fingerprint density at radius 3 is 2.45 bits per heavy atom. The molecule has 178 valence electrons. The number of nitrogens with zero attached hydrogens (tertiary/aromatic N) is 4. The molecule has 1 amide bonds. The van der Waals surface area contributed by atoms with Gasteiger partial charge in [0.15, 0.2) is 0 Å². The summed E-state index contributed by atoms with van der Waals surface area (Å²) in [4.78, 5) is 22.4. The van der Waals surface area contributed by atoms with Crippen molar-refractivity contribution in [3.8, 4) is 0 Å². The molecular formula is C24H33N5O3S. The van der Waals surface area contributed by atoms with E-state index in [2.05, 4.69) is 20.1 Å². The smallest absolute Gasteiger partial charge is 0.253 e. The molecule has 0 bridgehead atoms. The number of benzene rings is 1. The molecule has 4 rings (SSSR count). The number of sulfonamides is 1. The van der Waals surface area contributed by atoms with Crippen molar-refractivity contribution >= 4 is 21.6 Å². The second-order valence-electron chi connectivity index (χ2n) is 9.01. The van der Waals surface area contributed by atoms with Crippen molar-refractivity contribution < 1.29 is 13.2 Å². The lowest BCUT2D eigenvalue weighted by molar-refractivity contribution is 0.0909. The quantitative estimate of drug-likeness (QED) is 0.667. The maximum Gasteiger partial charge on any atom is 0.253 e. The molecule has 0 spiro atoms. The Bertz CT molecular complexity index is 1060. The molecule has 0 radical (unpaired) electrons. The fourth-order valence-electron chi connectivity index (χ4n) is 4.52. The summed E-state index contributed by atoms with van der Waals surface area (Å²) in [5.41, 5.74) is 2.31. The molecule has 3 heterocycles. The molecule has 2 saturated heterocycles. The summed E-state index contributed by atoms with van der Waals surface area (Å²) in [6.45, 7) is 4.34. The van der Waals surface area contributed by atoms with Gasteiger partial charge in [0, 0.05) is 64.7 Å². The monoisotopic (exact) mass is 471 g/mol. The SMILES string of the molecule is CN(C)S(=O)(=O)c1ccc(N2CCCC2)c(C(=O)NC2CCN(Cc3ccccn3)CC2)c1. The standard InChI is InChI=1S/C24H33N5O3S/c1-27(2)33(31,32)21-8-9-23(29-13-5-6-14-29)22(17-21)24(30)26-19-10-15-28(16-11-19)18-20-7-3-4-12-25-20/h3-4,7-9,12,17,19H,5-6,10-11,13-16,18H2,1-2H3,(H,26,30). The molecule has 0 atom stereocenters. The normalized spacial score (nSPS) is 18.1. The zero-order chi connectivity index (χ0) is 23.4. The molecule has 2 fully saturated rings. The van der Waals surface area contributed by atoms with E-state index in [1.165, 1.54) is 24.5 Å². The van der Waals surface area contributed by atoms with E-state index in [0.29, 0.717) is 5.56 Å². The van der Waals surface area contributed by atoms with Crippen LogP contribution in [0.1, 0.15) is 41.7 Å². The van der Waals surface area contributed by atoms with Crippen LogP contribution in [0.3, 0.4) is 0 Å². The van der Waals surface area contributed by atoms with E-state index in [4.69, 9.17) is 0 Å². The number of aromatic nitrogens is 1. The molecule has 0 saturated carbocycles. The third-order valence-electron chi connectivity index (χ3n) is 6.47. The number of amides is 1. The van der Waals surface area contributed by atoms with E-state index in [-0.39, 0.29) is 16.8 Å². The van der Waals surface area contributed by atoms with E-state index in [1.54, 1.807) is 12.1 Å². The largest absolute Gasteiger partial charge is 0.371 e. The Balaban J connectivity index is 1.46. The number of likely N-dealkylation sites (tertiary alicyclic amines) is 1. The summed E-state index contributed by atoms with van der Waals surface area (Å²) in [5.74, 6) is -0.198. The summed E-state index contributed by atoms with van der Waals surface area (Å²) in [6.07, 6.45) is 5.67. The molecule has 0 aliphatic carbocycles. The molecule has 2 aliphatic heterocycles. The molecular weight excluding hydrogens is 438 g/mol. The first-order chi connectivity index (χ1) is 15.8. The van der Waals surface area contributed by atoms with Crippen LogP contribution in [-0.4, -0.2) is 74.8 Å². The first kappa shape index (κ1) is 23.7. The third-order valence-corrected chi connectivity index (χ3v) is 8.28. The third kappa shape index (κ3) is 5.54. The number of piperidine rings is 1. The predicted molar refractivity (Wildman–Crippen MR) is 129 cm³/mol. The van der Waals surface area contributed by atoms with Gasteiger partial charge in [-0.05, 0) is 56.0 Å². The summed E-state index contributed by atoms with van der Waals surface area (Å²) < 4.78 is 26.5. The van der Waals surface area contributed by atoms with Crippen molar-refractivity contribution in [1.82, 2.24) is 19.5 Å². The lowest BCUT2D eigenvalue weighted by Gasteiger charge is -2.32. The van der Waals surface area contributed by atoms with E-state index < -0.39 is 10.0 Å². The van der Waals surface area contributed by atoms with Crippen LogP contribution in [0.5, 0.6) is 0 Å². The maximum absolute atomic E-state index is 13.3. The van der Waals surface area contributed by atoms with Gasteiger partial charge in [-0.1, -0.05) is 6.07 Å². The molecule has 1 aromatic heterocycles. The lowest BCUT2D eigenvalue weighted by atomic mass is 10.0. The number of rotatable bonds is 7. The summed E-state index contributed by atoms with van der Waals surface area (Å²) in [5, 5.41) is 3.18. The van der Waals surface area contributed by atoms with Gasteiger partial charge in [-0.3, -0.25) is 14.7 Å². The van der Waals surface area contributed by atoms with E-state index >= 15 is 0 Å². The van der Waals surface area contributed by atoms with Crippen molar-refractivity contribution in [3.63, 3.8) is 0 Å². The highest BCUT2D eigenvalue weighted by molar-refractivity contribution is 7.89. The van der Waals surface area contributed by atoms with Gasteiger partial charge < -0.3 is 10.2 Å². The number of pyridine rings is 1. The van der Waals surface area contributed by atoms with Crippen LogP contribution in [0.15, 0.2) is 47.5 Å². The van der Waals surface area contributed by atoms with Crippen LogP contribution < -0.4 is 10.2 Å². The van der Waals surface area contributed by atoms with Gasteiger partial charge in [0.1, 0.15) is 0 Å². The molecule has 0 unspecified atom stereocenters. The number of anilines is 1. The van der Waals surface area contributed by atoms with Crippen molar-refractivity contribution in [2.45, 2.75) is 43.2 Å². The minimum absolute atomic E-state index is 0.0676. The van der Waals surface area contributed by atoms with Crippen LogP contribution in [0.2, 0.25) is 0 Å². The highest BCUT2D eigenvalue weighted by Crippen LogP contribution is 2.28. The molecule has 1 aromatic carbocycles. The fraction of sp³-hybridized carbons (Fsp3) is 0.500. The fourth-order valence-corrected chi connectivity index (χ4v) is 5.45. The van der Waals surface area contributed by atoms with Crippen molar-refractivity contribution in [1.29, 1.82) is 0 Å².